The van der Waals surface area contributed by atoms with Crippen LogP contribution in [0.5, 0.6) is 0 Å². The molecule has 0 saturated heterocycles. The molecule has 0 saturated carbocycles. The Labute approximate surface area is 71.2 Å². The summed E-state index contributed by atoms with van der Waals surface area (Å²) in [7, 11) is 0. The Balaban J connectivity index is 2.28. The van der Waals surface area contributed by atoms with Gasteiger partial charge in [0.2, 0.25) is 0 Å². The van der Waals surface area contributed by atoms with Crippen molar-refractivity contribution in [2.75, 3.05) is 0 Å². The number of benzene rings is 1. The standard InChI is InChI=1S/C10H10O2/c11-6-10-5-8-3-1-2-4-9(8)7-12-10/h1-4,6,10H,5,7H2/t10-/m1/s1. The zero-order chi connectivity index (χ0) is 8.39. The zero-order valence-electron chi connectivity index (χ0n) is 6.69. The van der Waals surface area contributed by atoms with E-state index in [-0.39, 0.29) is 6.10 Å². The van der Waals surface area contributed by atoms with E-state index in [2.05, 4.69) is 0 Å². The summed E-state index contributed by atoms with van der Waals surface area (Å²) in [6, 6.07) is 8.07. The number of hydrogen-bond donors (Lipinski definition) is 0. The molecule has 0 fully saturated rings. The Kier molecular flexibility index (Phi) is 1.92. The molecule has 0 bridgehead atoms. The molecular formula is C10H10O2. The fourth-order valence-corrected chi connectivity index (χ4v) is 1.46. The molecule has 1 aliphatic rings. The predicted molar refractivity (Wildman–Crippen MR) is 44.8 cm³/mol. The van der Waals surface area contributed by atoms with Crippen molar-refractivity contribution in [1.82, 2.24) is 0 Å². The molecule has 0 aliphatic carbocycles. The second kappa shape index (κ2) is 3.07. The first-order valence-electron chi connectivity index (χ1n) is 4.04. The van der Waals surface area contributed by atoms with Crippen LogP contribution in [0.1, 0.15) is 11.1 Å². The lowest BCUT2D eigenvalue weighted by molar-refractivity contribution is -0.119. The second-order valence-electron chi connectivity index (χ2n) is 2.96. The Morgan fingerprint density at radius 3 is 2.83 bits per heavy atom. The summed E-state index contributed by atoms with van der Waals surface area (Å²) in [5.41, 5.74) is 2.44. The van der Waals surface area contributed by atoms with Crippen LogP contribution in [0.15, 0.2) is 24.3 Å². The van der Waals surface area contributed by atoms with Crippen molar-refractivity contribution >= 4 is 6.29 Å². The number of carbonyl (C=O) groups excluding carboxylic acids is 1. The summed E-state index contributed by atoms with van der Waals surface area (Å²) in [6.45, 7) is 0.569. The van der Waals surface area contributed by atoms with Crippen LogP contribution in [0.2, 0.25) is 0 Å². The number of carbonyl (C=O) groups is 1. The van der Waals surface area contributed by atoms with Gasteiger partial charge in [0.25, 0.3) is 0 Å². The van der Waals surface area contributed by atoms with Crippen LogP contribution < -0.4 is 0 Å². The highest BCUT2D eigenvalue weighted by Crippen LogP contribution is 2.18. The normalized spacial score (nSPS) is 21.5. The van der Waals surface area contributed by atoms with Crippen molar-refractivity contribution in [3.8, 4) is 0 Å². The molecule has 2 heteroatoms. The minimum atomic E-state index is -0.236. The van der Waals surface area contributed by atoms with E-state index < -0.39 is 0 Å². The van der Waals surface area contributed by atoms with Gasteiger partial charge in [-0.1, -0.05) is 24.3 Å². The summed E-state index contributed by atoms with van der Waals surface area (Å²) in [5.74, 6) is 0. The maximum atomic E-state index is 10.4. The van der Waals surface area contributed by atoms with Crippen LogP contribution in [0.4, 0.5) is 0 Å². The van der Waals surface area contributed by atoms with Gasteiger partial charge >= 0.3 is 0 Å². The van der Waals surface area contributed by atoms with Gasteiger partial charge < -0.3 is 9.53 Å². The molecule has 1 aliphatic heterocycles. The van der Waals surface area contributed by atoms with E-state index in [1.165, 1.54) is 11.1 Å². The number of aldehydes is 1. The summed E-state index contributed by atoms with van der Waals surface area (Å²) in [4.78, 5) is 10.4. The summed E-state index contributed by atoms with van der Waals surface area (Å²) in [5, 5.41) is 0. The second-order valence-corrected chi connectivity index (χ2v) is 2.96. The van der Waals surface area contributed by atoms with Gasteiger partial charge in [0, 0.05) is 6.42 Å². The van der Waals surface area contributed by atoms with Gasteiger partial charge in [-0.25, -0.2) is 0 Å². The maximum absolute atomic E-state index is 10.4. The van der Waals surface area contributed by atoms with Crippen LogP contribution in [0.3, 0.4) is 0 Å². The quantitative estimate of drug-likeness (QED) is 0.582. The highest BCUT2D eigenvalue weighted by atomic mass is 16.5. The lowest BCUT2D eigenvalue weighted by Crippen LogP contribution is -2.23. The minimum absolute atomic E-state index is 0.236. The van der Waals surface area contributed by atoms with Gasteiger partial charge in [-0.05, 0) is 11.1 Å². The van der Waals surface area contributed by atoms with Crippen molar-refractivity contribution in [2.45, 2.75) is 19.1 Å². The van der Waals surface area contributed by atoms with Crippen molar-refractivity contribution < 1.29 is 9.53 Å². The predicted octanol–water partition coefficient (Wildman–Crippen LogP) is 1.33. The molecule has 12 heavy (non-hydrogen) atoms. The summed E-state index contributed by atoms with van der Waals surface area (Å²) < 4.78 is 5.29. The van der Waals surface area contributed by atoms with Crippen LogP contribution >= 0.6 is 0 Å². The highest BCUT2D eigenvalue weighted by molar-refractivity contribution is 5.57. The van der Waals surface area contributed by atoms with Gasteiger partial charge in [-0.2, -0.15) is 0 Å². The van der Waals surface area contributed by atoms with Crippen molar-refractivity contribution in [2.24, 2.45) is 0 Å². The topological polar surface area (TPSA) is 26.3 Å². The molecule has 0 N–H and O–H groups in total. The molecule has 1 aromatic rings. The smallest absolute Gasteiger partial charge is 0.149 e. The van der Waals surface area contributed by atoms with Gasteiger partial charge in [0.1, 0.15) is 12.4 Å². The first kappa shape index (κ1) is 7.50. The van der Waals surface area contributed by atoms with Crippen LogP contribution in [-0.2, 0) is 22.6 Å². The Bertz CT molecular complexity index is 294. The molecule has 1 heterocycles. The van der Waals surface area contributed by atoms with E-state index in [0.717, 1.165) is 12.7 Å². The molecule has 62 valence electrons. The molecular weight excluding hydrogens is 152 g/mol. The largest absolute Gasteiger partial charge is 0.366 e. The number of hydrogen-bond acceptors (Lipinski definition) is 2. The lowest BCUT2D eigenvalue weighted by Gasteiger charge is -2.20. The first-order chi connectivity index (χ1) is 5.90. The monoisotopic (exact) mass is 162 g/mol. The van der Waals surface area contributed by atoms with E-state index in [0.29, 0.717) is 6.61 Å². The molecule has 2 rings (SSSR count). The molecule has 0 amide bonds. The Hall–Kier alpha value is -1.15. The molecule has 2 nitrogen and oxygen atoms in total. The molecule has 0 radical (unpaired) electrons. The van der Waals surface area contributed by atoms with E-state index >= 15 is 0 Å². The molecule has 1 atom stereocenters. The average Bonchev–Trinajstić information content (AvgIpc) is 2.17. The third-order valence-corrected chi connectivity index (χ3v) is 2.14. The maximum Gasteiger partial charge on any atom is 0.149 e. The van der Waals surface area contributed by atoms with E-state index in [9.17, 15) is 4.79 Å². The lowest BCUT2D eigenvalue weighted by atomic mass is 10.00. The van der Waals surface area contributed by atoms with Gasteiger partial charge in [0.15, 0.2) is 0 Å². The van der Waals surface area contributed by atoms with Gasteiger partial charge in [0.05, 0.1) is 6.61 Å². The van der Waals surface area contributed by atoms with Crippen molar-refractivity contribution in [1.29, 1.82) is 0 Å². The minimum Gasteiger partial charge on any atom is -0.366 e. The molecule has 0 aromatic heterocycles. The van der Waals surface area contributed by atoms with E-state index in [1.54, 1.807) is 0 Å². The molecule has 0 spiro atoms. The number of ether oxygens (including phenoxy) is 1. The average molecular weight is 162 g/mol. The van der Waals surface area contributed by atoms with Crippen molar-refractivity contribution in [3.05, 3.63) is 35.4 Å². The molecule has 0 unspecified atom stereocenters. The van der Waals surface area contributed by atoms with Crippen LogP contribution in [-0.4, -0.2) is 12.4 Å². The SMILES string of the molecule is O=C[C@H]1Cc2ccccc2CO1. The van der Waals surface area contributed by atoms with Crippen LogP contribution in [0, 0.1) is 0 Å². The third kappa shape index (κ3) is 1.25. The Morgan fingerprint density at radius 2 is 2.08 bits per heavy atom. The fraction of sp³-hybridized carbons (Fsp3) is 0.300. The van der Waals surface area contributed by atoms with Gasteiger partial charge in [-0.3, -0.25) is 0 Å². The van der Waals surface area contributed by atoms with Crippen molar-refractivity contribution in [3.63, 3.8) is 0 Å². The van der Waals surface area contributed by atoms with E-state index in [4.69, 9.17) is 4.74 Å². The first-order valence-corrected chi connectivity index (χ1v) is 4.04. The Morgan fingerprint density at radius 1 is 1.33 bits per heavy atom. The van der Waals surface area contributed by atoms with Gasteiger partial charge in [-0.15, -0.1) is 0 Å². The number of fused-ring (bicyclic) bond motifs is 1. The van der Waals surface area contributed by atoms with E-state index in [1.807, 2.05) is 24.3 Å². The van der Waals surface area contributed by atoms with Crippen LogP contribution in [0.25, 0.3) is 0 Å². The molecule has 1 aromatic carbocycles. The fourth-order valence-electron chi connectivity index (χ4n) is 1.46. The highest BCUT2D eigenvalue weighted by Gasteiger charge is 2.16. The summed E-state index contributed by atoms with van der Waals surface area (Å²) in [6.07, 6.45) is 1.36. The third-order valence-electron chi connectivity index (χ3n) is 2.14. The zero-order valence-corrected chi connectivity index (χ0v) is 6.69. The summed E-state index contributed by atoms with van der Waals surface area (Å²) >= 11 is 0. The number of rotatable bonds is 1.